The zero-order valence-electron chi connectivity index (χ0n) is 19.7. The van der Waals surface area contributed by atoms with E-state index < -0.39 is 5.91 Å². The molecule has 0 aliphatic carbocycles. The molecular formula is C24H27N5O5. The Hall–Kier alpha value is -3.95. The van der Waals surface area contributed by atoms with Crippen molar-refractivity contribution in [3.63, 3.8) is 0 Å². The summed E-state index contributed by atoms with van der Waals surface area (Å²) in [6, 6.07) is 7.05. The first-order valence-electron chi connectivity index (χ1n) is 11.0. The van der Waals surface area contributed by atoms with Crippen LogP contribution in [0.5, 0.6) is 5.75 Å². The van der Waals surface area contributed by atoms with E-state index in [1.54, 1.807) is 16.4 Å². The number of methoxy groups -OCH3 is 1. The smallest absolute Gasteiger partial charge is 0.257 e. The Kier molecular flexibility index (Phi) is 6.49. The van der Waals surface area contributed by atoms with Gasteiger partial charge in [-0.25, -0.2) is 4.63 Å². The molecule has 2 aromatic heterocycles. The van der Waals surface area contributed by atoms with Gasteiger partial charge in [0.25, 0.3) is 17.4 Å². The highest BCUT2D eigenvalue weighted by Gasteiger charge is 2.27. The third kappa shape index (κ3) is 4.57. The van der Waals surface area contributed by atoms with Gasteiger partial charge in [-0.3, -0.25) is 14.4 Å². The quantitative estimate of drug-likeness (QED) is 0.610. The maximum Gasteiger partial charge on any atom is 0.257 e. The average Bonchev–Trinajstić information content (AvgIpc) is 3.08. The summed E-state index contributed by atoms with van der Waals surface area (Å²) in [6.07, 6.45) is 0.330. The molecule has 34 heavy (non-hydrogen) atoms. The van der Waals surface area contributed by atoms with Crippen LogP contribution in [-0.4, -0.2) is 51.8 Å². The van der Waals surface area contributed by atoms with Crippen LogP contribution in [0.3, 0.4) is 0 Å². The lowest BCUT2D eigenvalue weighted by Gasteiger charge is -2.20. The highest BCUT2D eigenvalue weighted by atomic mass is 16.6. The summed E-state index contributed by atoms with van der Waals surface area (Å²) < 4.78 is 11.6. The number of pyridine rings is 1. The second-order valence-corrected chi connectivity index (χ2v) is 8.42. The number of nitrogens with zero attached hydrogens (tertiary/aromatic N) is 4. The summed E-state index contributed by atoms with van der Waals surface area (Å²) in [5.41, 5.74) is 4.26. The van der Waals surface area contributed by atoms with Gasteiger partial charge >= 0.3 is 0 Å². The number of aromatic nitrogens is 3. The summed E-state index contributed by atoms with van der Waals surface area (Å²) >= 11 is 0. The molecule has 0 unspecified atom stereocenters. The minimum Gasteiger partial charge on any atom is -0.496 e. The minimum absolute atomic E-state index is 0.0976. The van der Waals surface area contributed by atoms with E-state index in [0.29, 0.717) is 42.2 Å². The molecule has 1 aromatic carbocycles. The van der Waals surface area contributed by atoms with Crippen molar-refractivity contribution in [1.29, 1.82) is 0 Å². The molecule has 0 radical (unpaired) electrons. The van der Waals surface area contributed by atoms with E-state index >= 15 is 0 Å². The van der Waals surface area contributed by atoms with E-state index in [1.165, 1.54) is 13.2 Å². The van der Waals surface area contributed by atoms with Gasteiger partial charge in [-0.2, -0.15) is 0 Å². The van der Waals surface area contributed by atoms with E-state index in [2.05, 4.69) is 20.3 Å². The third-order valence-electron chi connectivity index (χ3n) is 5.96. The van der Waals surface area contributed by atoms with Crippen LogP contribution in [0, 0.1) is 20.8 Å². The number of hydrogen-bond acceptors (Lipinski definition) is 7. The topological polar surface area (TPSA) is 120 Å². The number of carbonyl (C=O) groups excluding carboxylic acids is 2. The van der Waals surface area contributed by atoms with Crippen LogP contribution < -0.4 is 15.6 Å². The number of rotatable bonds is 5. The maximum atomic E-state index is 13.2. The number of hydrogen-bond donors (Lipinski definition) is 1. The molecule has 178 valence electrons. The zero-order chi connectivity index (χ0) is 24.4. The lowest BCUT2D eigenvalue weighted by molar-refractivity contribution is 0.0758. The molecule has 4 rings (SSSR count). The molecule has 0 saturated carbocycles. The van der Waals surface area contributed by atoms with Crippen LogP contribution in [0.1, 0.15) is 48.9 Å². The van der Waals surface area contributed by atoms with E-state index in [0.717, 1.165) is 11.1 Å². The van der Waals surface area contributed by atoms with Crippen molar-refractivity contribution in [1.82, 2.24) is 25.1 Å². The Morgan fingerprint density at radius 2 is 1.79 bits per heavy atom. The second-order valence-electron chi connectivity index (χ2n) is 8.42. The Balaban J connectivity index is 1.62. The van der Waals surface area contributed by atoms with Gasteiger partial charge in [0.15, 0.2) is 0 Å². The van der Waals surface area contributed by atoms with Gasteiger partial charge in [0.05, 0.1) is 13.7 Å². The lowest BCUT2D eigenvalue weighted by atomic mass is 10.1. The summed E-state index contributed by atoms with van der Waals surface area (Å²) in [4.78, 5) is 40.9. The highest BCUT2D eigenvalue weighted by Crippen LogP contribution is 2.23. The molecule has 0 spiro atoms. The molecule has 2 amide bonds. The van der Waals surface area contributed by atoms with Crippen molar-refractivity contribution in [2.45, 2.75) is 40.3 Å². The van der Waals surface area contributed by atoms with Gasteiger partial charge in [0.2, 0.25) is 0 Å². The number of aryl methyl sites for hydroxylation is 3. The summed E-state index contributed by atoms with van der Waals surface area (Å²) in [5.74, 6) is -0.311. The number of fused-ring (bicyclic) bond motifs is 1. The predicted molar refractivity (Wildman–Crippen MR) is 123 cm³/mol. The van der Waals surface area contributed by atoms with Crippen LogP contribution in [0.15, 0.2) is 33.7 Å². The van der Waals surface area contributed by atoms with Crippen LogP contribution in [0.25, 0.3) is 0 Å². The number of carbonyl (C=O) groups is 2. The van der Waals surface area contributed by atoms with Crippen molar-refractivity contribution >= 4 is 11.8 Å². The number of benzene rings is 1. The predicted octanol–water partition coefficient (Wildman–Crippen LogP) is 1.79. The number of amides is 2. The van der Waals surface area contributed by atoms with Crippen molar-refractivity contribution in [3.8, 4) is 5.75 Å². The Morgan fingerprint density at radius 1 is 1.06 bits per heavy atom. The first-order chi connectivity index (χ1) is 16.3. The van der Waals surface area contributed by atoms with Crippen LogP contribution in [0.2, 0.25) is 0 Å². The van der Waals surface area contributed by atoms with Gasteiger partial charge in [-0.15, -0.1) is 0 Å². The Morgan fingerprint density at radius 3 is 2.44 bits per heavy atom. The van der Waals surface area contributed by atoms with Crippen LogP contribution >= 0.6 is 0 Å². The molecule has 0 bridgehead atoms. The van der Waals surface area contributed by atoms with Gasteiger partial charge in [0.1, 0.15) is 22.7 Å². The molecule has 1 aliphatic heterocycles. The molecular weight excluding hydrogens is 438 g/mol. The molecule has 3 heterocycles. The van der Waals surface area contributed by atoms with Crippen LogP contribution in [0.4, 0.5) is 0 Å². The zero-order valence-corrected chi connectivity index (χ0v) is 19.7. The Bertz CT molecular complexity index is 1290. The van der Waals surface area contributed by atoms with Crippen molar-refractivity contribution < 1.29 is 19.0 Å². The van der Waals surface area contributed by atoms with Gasteiger partial charge < -0.3 is 19.5 Å². The molecule has 0 fully saturated rings. The fourth-order valence-electron chi connectivity index (χ4n) is 4.30. The summed E-state index contributed by atoms with van der Waals surface area (Å²) in [5, 5.41) is 10.3. The van der Waals surface area contributed by atoms with Crippen LogP contribution in [-0.2, 0) is 19.5 Å². The lowest BCUT2D eigenvalue weighted by Crippen LogP contribution is -2.34. The molecule has 10 nitrogen and oxygen atoms in total. The summed E-state index contributed by atoms with van der Waals surface area (Å²) in [7, 11) is 1.42. The fourth-order valence-corrected chi connectivity index (χ4v) is 4.30. The van der Waals surface area contributed by atoms with E-state index in [9.17, 15) is 14.4 Å². The monoisotopic (exact) mass is 465 g/mol. The van der Waals surface area contributed by atoms with Gasteiger partial charge in [-0.1, -0.05) is 27.5 Å². The van der Waals surface area contributed by atoms with E-state index in [-0.39, 0.29) is 35.9 Å². The van der Waals surface area contributed by atoms with E-state index in [4.69, 9.17) is 4.74 Å². The molecule has 1 aliphatic rings. The average molecular weight is 466 g/mol. The molecule has 3 aromatic rings. The summed E-state index contributed by atoms with van der Waals surface area (Å²) in [6.45, 7) is 6.76. The Labute approximate surface area is 196 Å². The molecule has 1 N–H and O–H groups in total. The second kappa shape index (κ2) is 9.50. The first-order valence-corrected chi connectivity index (χ1v) is 11.0. The van der Waals surface area contributed by atoms with Crippen molar-refractivity contribution in [2.24, 2.45) is 0 Å². The minimum atomic E-state index is -0.405. The van der Waals surface area contributed by atoms with Crippen molar-refractivity contribution in [2.75, 3.05) is 20.2 Å². The van der Waals surface area contributed by atoms with Gasteiger partial charge in [-0.05, 0) is 32.9 Å². The maximum absolute atomic E-state index is 13.2. The van der Waals surface area contributed by atoms with Gasteiger partial charge in [0, 0.05) is 43.4 Å². The van der Waals surface area contributed by atoms with E-state index in [1.807, 2.05) is 32.0 Å². The molecule has 0 atom stereocenters. The highest BCUT2D eigenvalue weighted by molar-refractivity contribution is 5.98. The largest absolute Gasteiger partial charge is 0.496 e. The number of ether oxygens (including phenoxy) is 1. The first kappa shape index (κ1) is 23.2. The molecule has 0 saturated heterocycles. The number of nitrogens with one attached hydrogen (secondary N) is 1. The standard InChI is InChI=1S/C24H27N5O5/c1-14-9-15(2)11-17(10-14)24(32)28-6-5-19-22(20(33-4)12-21(30)29(19)8-7-28)23(31)25-13-18-16(3)26-34-27-18/h9-12H,5-8,13H2,1-4H3,(H,25,31). The SMILES string of the molecule is COc1cc(=O)n2c(c1C(=O)NCc1nonc1C)CCN(C(=O)c1cc(C)cc(C)c1)CC2. The van der Waals surface area contributed by atoms with Crippen molar-refractivity contribution in [3.05, 3.63) is 74.0 Å². The fraction of sp³-hybridized carbons (Fsp3) is 0.375. The third-order valence-corrected chi connectivity index (χ3v) is 5.96. The normalized spacial score (nSPS) is 13.2. The molecule has 10 heteroatoms.